The van der Waals surface area contributed by atoms with Gasteiger partial charge in [-0.1, -0.05) is 267 Å². The van der Waals surface area contributed by atoms with Gasteiger partial charge in [0.1, 0.15) is 18.8 Å². The molecular weight excluding hydrogens is 1040 g/mol. The van der Waals surface area contributed by atoms with Gasteiger partial charge in [-0.25, -0.2) is 4.79 Å². The summed E-state index contributed by atoms with van der Waals surface area (Å²) in [5, 5.41) is 31.6. The van der Waals surface area contributed by atoms with Crippen molar-refractivity contribution in [2.24, 2.45) is 0 Å². The average Bonchev–Trinajstić information content (AvgIpc) is 3.57. The maximum atomic E-state index is 13.2. The molecule has 0 aromatic carbocycles. The summed E-state index contributed by atoms with van der Waals surface area (Å²) in [6.07, 6.45) is 62.8. The van der Waals surface area contributed by atoms with E-state index in [0.29, 0.717) is 19.3 Å². The SMILES string of the molecule is CC/C=C\C/C=C\C/C=C\C/C=C\CCCCCCCCC(=O)OCC(COC1OC(C(=O)O)C(O)C(O)C1OC(=O)CCCCCCCCCCCCCCCCCCCCC)OC(=O)CCCCCCC/C=C\C/C=C\CCCCC. The lowest BCUT2D eigenvalue weighted by molar-refractivity contribution is -0.301. The van der Waals surface area contributed by atoms with E-state index in [-0.39, 0.29) is 25.9 Å². The monoisotopic (exact) mass is 1170 g/mol. The van der Waals surface area contributed by atoms with Crippen LogP contribution in [0.15, 0.2) is 72.9 Å². The van der Waals surface area contributed by atoms with Crippen LogP contribution in [0.2, 0.25) is 0 Å². The predicted molar refractivity (Wildman–Crippen MR) is 340 cm³/mol. The molecule has 12 heteroatoms. The summed E-state index contributed by atoms with van der Waals surface area (Å²) in [7, 11) is 0. The van der Waals surface area contributed by atoms with Gasteiger partial charge in [0.25, 0.3) is 0 Å². The molecule has 3 N–H and O–H groups in total. The molecule has 0 radical (unpaired) electrons. The molecule has 1 aliphatic heterocycles. The number of ether oxygens (including phenoxy) is 5. The minimum Gasteiger partial charge on any atom is -0.479 e. The lowest BCUT2D eigenvalue weighted by Crippen LogP contribution is -2.61. The number of hydrogen-bond acceptors (Lipinski definition) is 11. The maximum Gasteiger partial charge on any atom is 0.335 e. The Labute approximate surface area is 506 Å². The first kappa shape index (κ1) is 77.2. The fourth-order valence-corrected chi connectivity index (χ4v) is 10.1. The van der Waals surface area contributed by atoms with Crippen molar-refractivity contribution in [2.75, 3.05) is 13.2 Å². The summed E-state index contributed by atoms with van der Waals surface area (Å²) in [6, 6.07) is 0. The molecule has 478 valence electrons. The number of carbonyl (C=O) groups is 4. The largest absolute Gasteiger partial charge is 0.479 e. The van der Waals surface area contributed by atoms with Crippen LogP contribution < -0.4 is 0 Å². The standard InChI is InChI=1S/C71H122O12/c1-4-7-10-13-16-19-22-25-28-30-32-34-37-39-42-45-48-51-54-57-63(72)79-60-62(81-64(73)58-55-52-49-46-43-40-36-27-24-21-18-15-12-9-6-3)61-80-71-69(67(76)66(75)68(83-71)70(77)78)82-65(74)59-56-53-50-47-44-41-38-35-33-31-29-26-23-20-17-14-11-8-5-2/h7,10,16,18-19,21,25,27-28,32,34,36,62,66-69,71,75-76H,4-6,8-9,11-15,17,20,22-24,26,29-31,33,35,37-61H2,1-3H3,(H,77,78)/b10-7-,19-16-,21-18-,28-25-,34-32-,36-27-. The molecule has 0 aromatic heterocycles. The number of aliphatic hydroxyl groups excluding tert-OH is 2. The predicted octanol–water partition coefficient (Wildman–Crippen LogP) is 18.5. The number of unbranched alkanes of at least 4 members (excludes halogenated alkanes) is 32. The van der Waals surface area contributed by atoms with Crippen LogP contribution in [0.4, 0.5) is 0 Å². The van der Waals surface area contributed by atoms with Crippen LogP contribution >= 0.6 is 0 Å². The molecule has 0 spiro atoms. The van der Waals surface area contributed by atoms with Crippen LogP contribution in [0.1, 0.15) is 303 Å². The number of esters is 3. The molecule has 6 atom stereocenters. The van der Waals surface area contributed by atoms with E-state index in [2.05, 4.69) is 93.7 Å². The second kappa shape index (κ2) is 58.5. The van der Waals surface area contributed by atoms with E-state index < -0.39 is 67.3 Å². The number of carboxylic acid groups (broad SMARTS) is 1. The average molecular weight is 1170 g/mol. The van der Waals surface area contributed by atoms with Crippen molar-refractivity contribution in [3.63, 3.8) is 0 Å². The summed E-state index contributed by atoms with van der Waals surface area (Å²) in [4.78, 5) is 51.4. The zero-order chi connectivity index (χ0) is 60.3. The number of carboxylic acids is 1. The molecule has 83 heavy (non-hydrogen) atoms. The van der Waals surface area contributed by atoms with E-state index in [0.717, 1.165) is 135 Å². The van der Waals surface area contributed by atoms with Gasteiger partial charge in [-0.05, 0) is 89.9 Å². The van der Waals surface area contributed by atoms with Crippen molar-refractivity contribution >= 4 is 23.9 Å². The minimum atomic E-state index is -1.91. The quantitative estimate of drug-likeness (QED) is 0.0228. The van der Waals surface area contributed by atoms with Crippen LogP contribution in [-0.2, 0) is 42.9 Å². The first-order valence-electron chi connectivity index (χ1n) is 33.9. The molecule has 0 aromatic rings. The Kier molecular flexibility index (Phi) is 54.4. The van der Waals surface area contributed by atoms with Crippen LogP contribution in [0.3, 0.4) is 0 Å². The first-order valence-corrected chi connectivity index (χ1v) is 33.9. The third-order valence-electron chi connectivity index (χ3n) is 15.3. The summed E-state index contributed by atoms with van der Waals surface area (Å²) in [5.74, 6) is -3.14. The number of rotatable bonds is 58. The Hall–Kier alpha value is -3.84. The second-order valence-electron chi connectivity index (χ2n) is 23.1. The van der Waals surface area contributed by atoms with Crippen molar-refractivity contribution in [2.45, 2.75) is 340 Å². The summed E-state index contributed by atoms with van der Waals surface area (Å²) in [6.45, 7) is 5.88. The van der Waals surface area contributed by atoms with E-state index in [1.807, 2.05) is 0 Å². The van der Waals surface area contributed by atoms with E-state index in [1.54, 1.807) is 0 Å². The van der Waals surface area contributed by atoms with E-state index in [9.17, 15) is 34.5 Å². The van der Waals surface area contributed by atoms with Gasteiger partial charge >= 0.3 is 23.9 Å². The highest BCUT2D eigenvalue weighted by atomic mass is 16.7. The molecule has 0 amide bonds. The van der Waals surface area contributed by atoms with Gasteiger partial charge in [0.15, 0.2) is 24.6 Å². The van der Waals surface area contributed by atoms with Crippen LogP contribution in [0, 0.1) is 0 Å². The lowest BCUT2D eigenvalue weighted by atomic mass is 9.98. The number of hydrogen-bond donors (Lipinski definition) is 3. The van der Waals surface area contributed by atoms with E-state index >= 15 is 0 Å². The normalized spacial score (nSPS) is 18.0. The zero-order valence-corrected chi connectivity index (χ0v) is 52.9. The van der Waals surface area contributed by atoms with Crippen molar-refractivity contribution in [3.8, 4) is 0 Å². The summed E-state index contributed by atoms with van der Waals surface area (Å²) >= 11 is 0. The topological polar surface area (TPSA) is 175 Å². The lowest BCUT2D eigenvalue weighted by Gasteiger charge is -2.40. The van der Waals surface area contributed by atoms with Crippen molar-refractivity contribution in [1.82, 2.24) is 0 Å². The molecule has 0 bridgehead atoms. The number of carbonyl (C=O) groups excluding carboxylic acids is 3. The number of aliphatic hydroxyl groups is 2. The Bertz CT molecular complexity index is 1720. The van der Waals surface area contributed by atoms with Crippen molar-refractivity contribution < 1.29 is 58.2 Å². The van der Waals surface area contributed by atoms with Crippen LogP contribution in [0.25, 0.3) is 0 Å². The van der Waals surface area contributed by atoms with Gasteiger partial charge in [0, 0.05) is 19.3 Å². The molecule has 1 saturated heterocycles. The summed E-state index contributed by atoms with van der Waals surface area (Å²) in [5.41, 5.74) is 0. The minimum absolute atomic E-state index is 0.0598. The first-order chi connectivity index (χ1) is 40.6. The van der Waals surface area contributed by atoms with Gasteiger partial charge in [0.05, 0.1) is 6.61 Å². The van der Waals surface area contributed by atoms with Gasteiger partial charge in [-0.3, -0.25) is 14.4 Å². The molecule has 0 aliphatic carbocycles. The second-order valence-corrected chi connectivity index (χ2v) is 23.1. The molecule has 1 fully saturated rings. The van der Waals surface area contributed by atoms with Gasteiger partial charge in [-0.15, -0.1) is 0 Å². The van der Waals surface area contributed by atoms with Gasteiger partial charge in [-0.2, -0.15) is 0 Å². The number of aliphatic carboxylic acids is 1. The highest BCUT2D eigenvalue weighted by Crippen LogP contribution is 2.27. The highest BCUT2D eigenvalue weighted by Gasteiger charge is 2.50. The smallest absolute Gasteiger partial charge is 0.335 e. The Morgan fingerprint density at radius 2 is 0.759 bits per heavy atom. The Morgan fingerprint density at radius 1 is 0.410 bits per heavy atom. The van der Waals surface area contributed by atoms with E-state index in [1.165, 1.54) is 109 Å². The third kappa shape index (κ3) is 48.0. The number of allylic oxidation sites excluding steroid dienone is 12. The highest BCUT2D eigenvalue weighted by molar-refractivity contribution is 5.74. The molecule has 12 nitrogen and oxygen atoms in total. The zero-order valence-electron chi connectivity index (χ0n) is 52.9. The molecule has 0 saturated carbocycles. The van der Waals surface area contributed by atoms with Gasteiger partial charge in [0.2, 0.25) is 0 Å². The van der Waals surface area contributed by atoms with Gasteiger partial charge < -0.3 is 39.0 Å². The maximum absolute atomic E-state index is 13.2. The fraction of sp³-hybridized carbons (Fsp3) is 0.775. The van der Waals surface area contributed by atoms with Crippen molar-refractivity contribution in [3.05, 3.63) is 72.9 Å². The van der Waals surface area contributed by atoms with Crippen LogP contribution in [-0.4, -0.2) is 89.2 Å². The van der Waals surface area contributed by atoms with Crippen LogP contribution in [0.5, 0.6) is 0 Å². The molecule has 1 aliphatic rings. The molecule has 1 rings (SSSR count). The molecular formula is C71H122O12. The summed E-state index contributed by atoms with van der Waals surface area (Å²) < 4.78 is 28.6. The third-order valence-corrected chi connectivity index (χ3v) is 15.3. The fourth-order valence-electron chi connectivity index (χ4n) is 10.1. The molecule has 6 unspecified atom stereocenters. The van der Waals surface area contributed by atoms with Crippen molar-refractivity contribution in [1.29, 1.82) is 0 Å². The Morgan fingerprint density at radius 3 is 1.18 bits per heavy atom. The molecule has 1 heterocycles. The van der Waals surface area contributed by atoms with E-state index in [4.69, 9.17) is 23.7 Å². The Balaban J connectivity index is 2.64.